The van der Waals surface area contributed by atoms with Gasteiger partial charge < -0.3 is 15.0 Å². The number of halogens is 1. The zero-order valence-corrected chi connectivity index (χ0v) is 14.9. The molecule has 1 aromatic heterocycles. The highest BCUT2D eigenvalue weighted by molar-refractivity contribution is 6.05. The third-order valence-electron chi connectivity index (χ3n) is 4.51. The van der Waals surface area contributed by atoms with E-state index in [0.717, 1.165) is 17.1 Å². The number of rotatable bonds is 5. The number of anilines is 2. The van der Waals surface area contributed by atoms with Crippen molar-refractivity contribution in [2.75, 3.05) is 23.9 Å². The molecule has 0 saturated heterocycles. The Morgan fingerprint density at radius 3 is 2.74 bits per heavy atom. The van der Waals surface area contributed by atoms with Crippen LogP contribution in [0.5, 0.6) is 5.75 Å². The van der Waals surface area contributed by atoms with Gasteiger partial charge in [0.1, 0.15) is 17.3 Å². The second kappa shape index (κ2) is 7.11. The van der Waals surface area contributed by atoms with E-state index in [1.165, 1.54) is 12.1 Å². The summed E-state index contributed by atoms with van der Waals surface area (Å²) in [5, 5.41) is 7.80. The minimum absolute atomic E-state index is 0.131. The lowest BCUT2D eigenvalue weighted by Gasteiger charge is -2.27. The Balaban J connectivity index is 1.49. The maximum absolute atomic E-state index is 13.1. The Kier molecular flexibility index (Phi) is 4.50. The first-order chi connectivity index (χ1) is 13.1. The van der Waals surface area contributed by atoms with Gasteiger partial charge in [-0.15, -0.1) is 0 Å². The molecule has 1 aliphatic heterocycles. The van der Waals surface area contributed by atoms with E-state index in [1.54, 1.807) is 34.9 Å². The number of benzene rings is 2. The van der Waals surface area contributed by atoms with Crippen LogP contribution in [0.2, 0.25) is 0 Å². The van der Waals surface area contributed by atoms with Crippen LogP contribution < -0.4 is 15.0 Å². The third-order valence-corrected chi connectivity index (χ3v) is 4.51. The summed E-state index contributed by atoms with van der Waals surface area (Å²) in [5.41, 5.74) is 2.92. The number of hydrogen-bond donors (Lipinski definition) is 1. The number of aromatic nitrogens is 2. The second-order valence-electron chi connectivity index (χ2n) is 6.26. The van der Waals surface area contributed by atoms with Crippen LogP contribution in [-0.4, -0.2) is 29.3 Å². The Bertz CT molecular complexity index is 968. The Hall–Kier alpha value is -3.35. The van der Waals surface area contributed by atoms with Gasteiger partial charge in [0.15, 0.2) is 0 Å². The van der Waals surface area contributed by atoms with E-state index in [4.69, 9.17) is 4.74 Å². The van der Waals surface area contributed by atoms with Gasteiger partial charge in [-0.2, -0.15) is 5.10 Å². The van der Waals surface area contributed by atoms with Crippen LogP contribution in [0.1, 0.15) is 16.2 Å². The standard InChI is InChI=1S/C20H19FN4O2/c1-27-18-4-2-3-15(11-18)22-13-16-12-19-20(26)24(9-10-25(19)23-16)17-7-5-14(21)6-8-17/h2-8,11-12,22H,9-10,13H2,1H3. The molecule has 3 aromatic rings. The molecule has 1 aliphatic rings. The smallest absolute Gasteiger partial charge is 0.276 e. The number of methoxy groups -OCH3 is 1. The second-order valence-corrected chi connectivity index (χ2v) is 6.26. The van der Waals surface area contributed by atoms with Crippen molar-refractivity contribution in [2.24, 2.45) is 0 Å². The number of nitrogens with zero attached hydrogens (tertiary/aromatic N) is 3. The predicted molar refractivity (Wildman–Crippen MR) is 101 cm³/mol. The van der Waals surface area contributed by atoms with E-state index < -0.39 is 0 Å². The van der Waals surface area contributed by atoms with Gasteiger partial charge in [0.2, 0.25) is 0 Å². The van der Waals surface area contributed by atoms with Crippen LogP contribution in [-0.2, 0) is 13.1 Å². The third kappa shape index (κ3) is 3.48. The van der Waals surface area contributed by atoms with Gasteiger partial charge in [-0.25, -0.2) is 4.39 Å². The predicted octanol–water partition coefficient (Wildman–Crippen LogP) is 3.30. The highest BCUT2D eigenvalue weighted by atomic mass is 19.1. The summed E-state index contributed by atoms with van der Waals surface area (Å²) >= 11 is 0. The van der Waals surface area contributed by atoms with Crippen LogP contribution in [0.15, 0.2) is 54.6 Å². The summed E-state index contributed by atoms with van der Waals surface area (Å²) in [5.74, 6) is 0.321. The van der Waals surface area contributed by atoms with Gasteiger partial charge in [-0.3, -0.25) is 9.48 Å². The zero-order chi connectivity index (χ0) is 18.8. The highest BCUT2D eigenvalue weighted by Crippen LogP contribution is 2.22. The average Bonchev–Trinajstić information content (AvgIpc) is 3.12. The molecule has 27 heavy (non-hydrogen) atoms. The fourth-order valence-corrected chi connectivity index (χ4v) is 3.13. The van der Waals surface area contributed by atoms with Gasteiger partial charge in [0.05, 0.1) is 25.9 Å². The number of hydrogen-bond acceptors (Lipinski definition) is 4. The van der Waals surface area contributed by atoms with E-state index in [2.05, 4.69) is 10.4 Å². The Morgan fingerprint density at radius 2 is 1.96 bits per heavy atom. The average molecular weight is 366 g/mol. The first kappa shape index (κ1) is 17.1. The zero-order valence-electron chi connectivity index (χ0n) is 14.9. The van der Waals surface area contributed by atoms with E-state index >= 15 is 0 Å². The largest absolute Gasteiger partial charge is 0.497 e. The lowest BCUT2D eigenvalue weighted by atomic mass is 10.2. The normalized spacial score (nSPS) is 13.4. The first-order valence-electron chi connectivity index (χ1n) is 8.66. The highest BCUT2D eigenvalue weighted by Gasteiger charge is 2.27. The van der Waals surface area contributed by atoms with Crippen LogP contribution in [0, 0.1) is 5.82 Å². The molecule has 138 valence electrons. The van der Waals surface area contributed by atoms with Crippen molar-refractivity contribution in [1.82, 2.24) is 9.78 Å². The molecule has 0 unspecified atom stereocenters. The van der Waals surface area contributed by atoms with Crippen molar-refractivity contribution in [3.05, 3.63) is 71.8 Å². The molecule has 0 saturated carbocycles. The van der Waals surface area contributed by atoms with Gasteiger partial charge in [0, 0.05) is 24.0 Å². The van der Waals surface area contributed by atoms with Crippen LogP contribution in [0.25, 0.3) is 0 Å². The number of ether oxygens (including phenoxy) is 1. The molecule has 2 aromatic carbocycles. The molecule has 0 fully saturated rings. The summed E-state index contributed by atoms with van der Waals surface area (Å²) in [6.45, 7) is 1.59. The molecule has 6 nitrogen and oxygen atoms in total. The first-order valence-corrected chi connectivity index (χ1v) is 8.66. The summed E-state index contributed by atoms with van der Waals surface area (Å²) < 4.78 is 20.1. The number of fused-ring (bicyclic) bond motifs is 1. The van der Waals surface area contributed by atoms with Crippen molar-refractivity contribution in [2.45, 2.75) is 13.1 Å². The molecule has 0 aliphatic carbocycles. The molecule has 7 heteroatoms. The maximum atomic E-state index is 13.1. The Morgan fingerprint density at radius 1 is 1.15 bits per heavy atom. The molecule has 0 spiro atoms. The summed E-state index contributed by atoms with van der Waals surface area (Å²) in [4.78, 5) is 14.5. The molecule has 4 rings (SSSR count). The number of nitrogens with one attached hydrogen (secondary N) is 1. The molecule has 1 N–H and O–H groups in total. The lowest BCUT2D eigenvalue weighted by molar-refractivity contribution is 0.0962. The number of carbonyl (C=O) groups excluding carboxylic acids is 1. The molecule has 0 radical (unpaired) electrons. The molecule has 0 atom stereocenters. The molecule has 0 bridgehead atoms. The Labute approximate surface area is 156 Å². The number of carbonyl (C=O) groups is 1. The van der Waals surface area contributed by atoms with Crippen LogP contribution in [0.4, 0.5) is 15.8 Å². The van der Waals surface area contributed by atoms with E-state index in [-0.39, 0.29) is 11.7 Å². The molecular weight excluding hydrogens is 347 g/mol. The topological polar surface area (TPSA) is 59.4 Å². The summed E-state index contributed by atoms with van der Waals surface area (Å²) in [6.07, 6.45) is 0. The number of amides is 1. The van der Waals surface area contributed by atoms with Gasteiger partial charge in [-0.05, 0) is 42.5 Å². The summed E-state index contributed by atoms with van der Waals surface area (Å²) in [6, 6.07) is 15.4. The van der Waals surface area contributed by atoms with Crippen molar-refractivity contribution in [3.63, 3.8) is 0 Å². The van der Waals surface area contributed by atoms with Crippen molar-refractivity contribution in [1.29, 1.82) is 0 Å². The quantitative estimate of drug-likeness (QED) is 0.753. The van der Waals surface area contributed by atoms with Crippen LogP contribution in [0.3, 0.4) is 0 Å². The van der Waals surface area contributed by atoms with E-state index in [9.17, 15) is 9.18 Å². The fourth-order valence-electron chi connectivity index (χ4n) is 3.13. The van der Waals surface area contributed by atoms with Crippen molar-refractivity contribution < 1.29 is 13.9 Å². The summed E-state index contributed by atoms with van der Waals surface area (Å²) in [7, 11) is 1.63. The van der Waals surface area contributed by atoms with Crippen molar-refractivity contribution >= 4 is 17.3 Å². The molecule has 1 amide bonds. The maximum Gasteiger partial charge on any atom is 0.276 e. The molecule has 2 heterocycles. The minimum atomic E-state index is -0.320. The minimum Gasteiger partial charge on any atom is -0.497 e. The van der Waals surface area contributed by atoms with E-state index in [1.807, 2.05) is 24.3 Å². The monoisotopic (exact) mass is 366 g/mol. The SMILES string of the molecule is COc1cccc(NCc2cc3n(n2)CCN(c2ccc(F)cc2)C3=O)c1. The lowest BCUT2D eigenvalue weighted by Crippen LogP contribution is -2.40. The van der Waals surface area contributed by atoms with Crippen molar-refractivity contribution in [3.8, 4) is 5.75 Å². The molecular formula is C20H19FN4O2. The van der Waals surface area contributed by atoms with E-state index in [0.29, 0.717) is 31.0 Å². The van der Waals surface area contributed by atoms with Gasteiger partial charge >= 0.3 is 0 Å². The van der Waals surface area contributed by atoms with Gasteiger partial charge in [-0.1, -0.05) is 6.07 Å². The van der Waals surface area contributed by atoms with Crippen LogP contribution >= 0.6 is 0 Å². The fraction of sp³-hybridized carbons (Fsp3) is 0.200. The van der Waals surface area contributed by atoms with Gasteiger partial charge in [0.25, 0.3) is 5.91 Å².